The highest BCUT2D eigenvalue weighted by Gasteiger charge is 2.45. The van der Waals surface area contributed by atoms with E-state index in [1.54, 1.807) is 54.3 Å². The van der Waals surface area contributed by atoms with Crippen molar-refractivity contribution < 1.29 is 52.8 Å². The maximum absolute atomic E-state index is 14.7. The van der Waals surface area contributed by atoms with Gasteiger partial charge in [0.15, 0.2) is 29.2 Å². The highest BCUT2D eigenvalue weighted by molar-refractivity contribution is 6.06. The van der Waals surface area contributed by atoms with Crippen LogP contribution in [0.2, 0.25) is 0 Å². The molecule has 5 amide bonds. The molecular formula is C59H62N8O11. The van der Waals surface area contributed by atoms with Crippen LogP contribution in [0.3, 0.4) is 0 Å². The Morgan fingerprint density at radius 3 is 1.94 bits per heavy atom. The standard InChI is InChI=1S/C59H62N8O11/c1-33(2)53(60)55(69)62-34(3)54(68)64-40-19-17-35(18-20-40)30-78-59(73)67-47-26-52(50(75-5)24-45(47)57(71)66-29-39-14-9-7-12-37(39)22-48(66)58(67)72)77-32-42-16-10-15-41(63-42)31-76-51-25-46-44(23-49(51)74-4)56(70)65-28-38-13-8-6-11-36(38)21-43(65)27-61-46/h6-20,23-26,33-34,43,48,53,58,61,72H,21-22,27-32,60H2,1-5H3,(H,62,69)(H,64,68)/t34-,43-,48-,53-,58?/m0/s1. The van der Waals surface area contributed by atoms with E-state index in [1.807, 2.05) is 67.3 Å². The van der Waals surface area contributed by atoms with Crippen molar-refractivity contribution in [3.63, 3.8) is 0 Å². The number of aliphatic hydroxyl groups excluding tert-OH is 1. The van der Waals surface area contributed by atoms with Gasteiger partial charge in [-0.15, -0.1) is 0 Å². The molecule has 5 aromatic carbocycles. The Bertz CT molecular complexity index is 3280. The third-order valence-corrected chi connectivity index (χ3v) is 14.8. The van der Waals surface area contributed by atoms with Gasteiger partial charge in [-0.1, -0.05) is 80.6 Å². The van der Waals surface area contributed by atoms with E-state index in [-0.39, 0.29) is 73.4 Å². The molecule has 4 aliphatic heterocycles. The number of nitrogens with two attached hydrogens (primary N) is 1. The summed E-state index contributed by atoms with van der Waals surface area (Å²) in [5.41, 5.74) is 13.6. The zero-order chi connectivity index (χ0) is 54.8. The number of amides is 5. The van der Waals surface area contributed by atoms with Crippen LogP contribution in [0.5, 0.6) is 23.0 Å². The first-order chi connectivity index (χ1) is 37.7. The molecule has 19 heteroatoms. The number of nitrogens with one attached hydrogen (secondary N) is 3. The quantitative estimate of drug-likeness (QED) is 0.0719. The van der Waals surface area contributed by atoms with Crippen molar-refractivity contribution in [2.45, 2.75) is 96.9 Å². The van der Waals surface area contributed by atoms with Crippen LogP contribution in [0.15, 0.2) is 115 Å². The predicted octanol–water partition coefficient (Wildman–Crippen LogP) is 6.72. The van der Waals surface area contributed by atoms with Crippen LogP contribution in [-0.2, 0) is 60.1 Å². The van der Waals surface area contributed by atoms with Gasteiger partial charge in [-0.05, 0) is 89.9 Å². The predicted molar refractivity (Wildman–Crippen MR) is 289 cm³/mol. The Morgan fingerprint density at radius 1 is 0.705 bits per heavy atom. The second-order valence-corrected chi connectivity index (χ2v) is 20.2. The number of aromatic nitrogens is 1. The van der Waals surface area contributed by atoms with Gasteiger partial charge in [-0.2, -0.15) is 0 Å². The van der Waals surface area contributed by atoms with Gasteiger partial charge in [-0.25, -0.2) is 9.69 Å². The number of carbonyl (C=O) groups excluding carboxylic acids is 5. The molecule has 5 heterocycles. The number of anilines is 3. The fourth-order valence-corrected chi connectivity index (χ4v) is 10.3. The van der Waals surface area contributed by atoms with Crippen molar-refractivity contribution in [2.75, 3.05) is 36.3 Å². The molecule has 1 aromatic heterocycles. The highest BCUT2D eigenvalue weighted by Crippen LogP contribution is 2.43. The lowest BCUT2D eigenvalue weighted by Gasteiger charge is -2.39. The van der Waals surface area contributed by atoms with Gasteiger partial charge >= 0.3 is 6.09 Å². The molecule has 6 aromatic rings. The van der Waals surface area contributed by atoms with Gasteiger partial charge in [0.2, 0.25) is 11.8 Å². The van der Waals surface area contributed by atoms with Crippen LogP contribution in [0.25, 0.3) is 0 Å². The summed E-state index contributed by atoms with van der Waals surface area (Å²) in [6.45, 7) is 6.24. The summed E-state index contributed by atoms with van der Waals surface area (Å²) in [7, 11) is 2.97. The van der Waals surface area contributed by atoms with Crippen molar-refractivity contribution >= 4 is 46.8 Å². The molecule has 1 unspecified atom stereocenters. The van der Waals surface area contributed by atoms with E-state index in [9.17, 15) is 29.1 Å². The number of hydrogen-bond acceptors (Lipinski definition) is 14. The van der Waals surface area contributed by atoms with Crippen molar-refractivity contribution in [2.24, 2.45) is 11.7 Å². The maximum atomic E-state index is 14.7. The van der Waals surface area contributed by atoms with Gasteiger partial charge in [0, 0.05) is 37.5 Å². The Balaban J connectivity index is 0.848. The molecular weight excluding hydrogens is 997 g/mol. The third kappa shape index (κ3) is 10.8. The molecule has 0 spiro atoms. The van der Waals surface area contributed by atoms with Crippen molar-refractivity contribution in [1.82, 2.24) is 20.1 Å². The lowest BCUT2D eigenvalue weighted by molar-refractivity contribution is -0.127. The summed E-state index contributed by atoms with van der Waals surface area (Å²) in [6.07, 6.45) is -1.47. The Hall–Kier alpha value is -8.68. The van der Waals surface area contributed by atoms with Crippen molar-refractivity contribution in [1.29, 1.82) is 0 Å². The Morgan fingerprint density at radius 2 is 1.29 bits per heavy atom. The molecule has 78 heavy (non-hydrogen) atoms. The number of rotatable bonds is 15. The van der Waals surface area contributed by atoms with E-state index in [2.05, 4.69) is 28.1 Å². The first-order valence-corrected chi connectivity index (χ1v) is 25.9. The van der Waals surface area contributed by atoms with Gasteiger partial charge in [0.05, 0.1) is 66.2 Å². The number of pyridine rings is 1. The van der Waals surface area contributed by atoms with Gasteiger partial charge in [-0.3, -0.25) is 24.2 Å². The SMILES string of the molecule is COc1cc2c(cc1OCc1cccc(COc3cc4c(cc3OC)C(=O)N3Cc5ccccc5C[C@H]3C(O)N4C(=O)OCc3ccc(NC(=O)[C@H](C)NC(=O)[C@@H](N)C(C)C)cc3)n1)NC[C@@H]1Cc3ccccc3CN1C2=O. The normalized spacial score (nSPS) is 17.9. The minimum absolute atomic E-state index is 0.0131. The van der Waals surface area contributed by atoms with Crippen LogP contribution in [0.4, 0.5) is 21.9 Å². The number of methoxy groups -OCH3 is 2. The van der Waals surface area contributed by atoms with E-state index < -0.39 is 48.2 Å². The molecule has 10 rings (SSSR count). The van der Waals surface area contributed by atoms with Crippen molar-refractivity contribution in [3.05, 3.63) is 166 Å². The minimum Gasteiger partial charge on any atom is -0.493 e. The van der Waals surface area contributed by atoms with E-state index >= 15 is 0 Å². The monoisotopic (exact) mass is 1060 g/mol. The average molecular weight is 1060 g/mol. The minimum atomic E-state index is -1.56. The first-order valence-electron chi connectivity index (χ1n) is 25.9. The molecule has 0 aliphatic carbocycles. The number of carbonyl (C=O) groups is 5. The van der Waals surface area contributed by atoms with Gasteiger partial charge < -0.3 is 60.3 Å². The van der Waals surface area contributed by atoms with Gasteiger partial charge in [0.1, 0.15) is 25.9 Å². The largest absolute Gasteiger partial charge is 0.493 e. The summed E-state index contributed by atoms with van der Waals surface area (Å²) in [5, 5.41) is 21.2. The summed E-state index contributed by atoms with van der Waals surface area (Å²) in [4.78, 5) is 77.8. The zero-order valence-electron chi connectivity index (χ0n) is 44.0. The second-order valence-electron chi connectivity index (χ2n) is 20.2. The summed E-state index contributed by atoms with van der Waals surface area (Å²) in [5.74, 6) is -0.305. The fourth-order valence-electron chi connectivity index (χ4n) is 10.3. The summed E-state index contributed by atoms with van der Waals surface area (Å²) < 4.78 is 30.1. The van der Waals surface area contributed by atoms with E-state index in [1.165, 1.54) is 31.9 Å². The van der Waals surface area contributed by atoms with Crippen LogP contribution in [0.1, 0.15) is 80.7 Å². The van der Waals surface area contributed by atoms with Crippen LogP contribution in [0, 0.1) is 5.92 Å². The molecule has 0 fully saturated rings. The van der Waals surface area contributed by atoms with Crippen LogP contribution < -0.4 is 45.5 Å². The highest BCUT2D eigenvalue weighted by atomic mass is 16.6. The summed E-state index contributed by atoms with van der Waals surface area (Å²) >= 11 is 0. The fraction of sp³-hybridized carbons (Fsp3) is 0.322. The third-order valence-electron chi connectivity index (χ3n) is 14.8. The summed E-state index contributed by atoms with van der Waals surface area (Å²) in [6, 6.07) is 31.9. The molecule has 0 bridgehead atoms. The lowest BCUT2D eigenvalue weighted by Crippen LogP contribution is -2.55. The number of aliphatic hydroxyl groups is 1. The smallest absolute Gasteiger partial charge is 0.416 e. The number of hydrogen-bond donors (Lipinski definition) is 5. The first kappa shape index (κ1) is 52.7. The number of fused-ring (bicyclic) bond motifs is 6. The average Bonchev–Trinajstić information content (AvgIpc) is 3.88. The lowest BCUT2D eigenvalue weighted by atomic mass is 9.93. The molecule has 4 aliphatic rings. The molecule has 19 nitrogen and oxygen atoms in total. The molecule has 5 atom stereocenters. The maximum Gasteiger partial charge on any atom is 0.416 e. The van der Waals surface area contributed by atoms with Crippen molar-refractivity contribution in [3.8, 4) is 23.0 Å². The van der Waals surface area contributed by atoms with Crippen LogP contribution in [-0.4, -0.2) is 101 Å². The van der Waals surface area contributed by atoms with E-state index in [0.29, 0.717) is 58.5 Å². The Kier molecular flexibility index (Phi) is 15.2. The Labute approximate surface area is 451 Å². The number of benzene rings is 5. The molecule has 0 saturated carbocycles. The number of ether oxygens (including phenoxy) is 5. The zero-order valence-corrected chi connectivity index (χ0v) is 44.0. The topological polar surface area (TPSA) is 236 Å². The number of nitrogens with zero attached hydrogens (tertiary/aromatic N) is 4. The van der Waals surface area contributed by atoms with E-state index in [4.69, 9.17) is 34.4 Å². The van der Waals surface area contributed by atoms with Crippen LogP contribution >= 0.6 is 0 Å². The second kappa shape index (κ2) is 22.5. The molecule has 404 valence electrons. The van der Waals surface area contributed by atoms with E-state index in [0.717, 1.165) is 28.0 Å². The molecule has 0 radical (unpaired) electrons. The molecule has 6 N–H and O–H groups in total. The molecule has 0 saturated heterocycles. The van der Waals surface area contributed by atoms with Gasteiger partial charge in [0.25, 0.3) is 11.8 Å².